The van der Waals surface area contributed by atoms with Gasteiger partial charge in [-0.2, -0.15) is 0 Å². The lowest BCUT2D eigenvalue weighted by atomic mass is 10.2. The summed E-state index contributed by atoms with van der Waals surface area (Å²) in [5.41, 5.74) is 0.864. The second kappa shape index (κ2) is 8.79. The molecule has 0 aliphatic heterocycles. The summed E-state index contributed by atoms with van der Waals surface area (Å²) in [6.07, 6.45) is 1.62. The molecule has 0 aliphatic rings. The quantitative estimate of drug-likeness (QED) is 0.437. The molecule has 0 bridgehead atoms. The highest BCUT2D eigenvalue weighted by Gasteiger charge is 2.17. The summed E-state index contributed by atoms with van der Waals surface area (Å²) in [6.45, 7) is 4.04. The molecule has 0 unspecified atom stereocenters. The molecule has 138 valence electrons. The number of thiophene rings is 1. The molecule has 1 amide bonds. The molecule has 0 N–H and O–H groups in total. The van der Waals surface area contributed by atoms with Crippen LogP contribution in [0.1, 0.15) is 15.4 Å². The highest BCUT2D eigenvalue weighted by atomic mass is 35.5. The third-order valence-electron chi connectivity index (χ3n) is 3.81. The van der Waals surface area contributed by atoms with E-state index in [1.165, 1.54) is 11.3 Å². The average molecular weight is 401 g/mol. The van der Waals surface area contributed by atoms with Crippen molar-refractivity contribution in [2.75, 3.05) is 13.2 Å². The number of hydrogen-bond acceptors (Lipinski definition) is 5. The predicted molar refractivity (Wildman–Crippen MR) is 107 cm³/mol. The maximum absolute atomic E-state index is 12.4. The molecule has 7 heteroatoms. The van der Waals surface area contributed by atoms with E-state index in [-0.39, 0.29) is 18.2 Å². The van der Waals surface area contributed by atoms with Crippen LogP contribution in [-0.2, 0) is 16.1 Å². The van der Waals surface area contributed by atoms with Crippen LogP contribution in [0, 0.1) is 0 Å². The summed E-state index contributed by atoms with van der Waals surface area (Å²) in [6, 6.07) is 14.5. The minimum Gasteiger partial charge on any atom is -0.451 e. The average Bonchev–Trinajstić information content (AvgIpc) is 3.09. The van der Waals surface area contributed by atoms with Crippen LogP contribution < -0.4 is 0 Å². The molecule has 0 saturated carbocycles. The van der Waals surface area contributed by atoms with E-state index in [0.717, 1.165) is 10.3 Å². The van der Waals surface area contributed by atoms with Crippen molar-refractivity contribution in [1.82, 2.24) is 9.88 Å². The van der Waals surface area contributed by atoms with Crippen molar-refractivity contribution in [2.24, 2.45) is 0 Å². The van der Waals surface area contributed by atoms with Crippen LogP contribution in [0.5, 0.6) is 0 Å². The van der Waals surface area contributed by atoms with E-state index in [4.69, 9.17) is 16.3 Å². The van der Waals surface area contributed by atoms with Crippen molar-refractivity contribution in [3.8, 4) is 0 Å². The monoisotopic (exact) mass is 400 g/mol. The molecule has 3 aromatic rings. The van der Waals surface area contributed by atoms with Gasteiger partial charge in [0.05, 0.1) is 16.4 Å². The molecule has 0 spiro atoms. The third-order valence-corrected chi connectivity index (χ3v) is 5.03. The summed E-state index contributed by atoms with van der Waals surface area (Å²) in [7, 11) is 0. The van der Waals surface area contributed by atoms with E-state index in [1.54, 1.807) is 29.2 Å². The zero-order chi connectivity index (χ0) is 19.2. The first-order chi connectivity index (χ1) is 13.1. The Bertz CT molecular complexity index is 986. The Morgan fingerprint density at radius 2 is 2.00 bits per heavy atom. The fraction of sp³-hybridized carbons (Fsp3) is 0.150. The fourth-order valence-electron chi connectivity index (χ4n) is 2.51. The Hall–Kier alpha value is -2.70. The van der Waals surface area contributed by atoms with Crippen molar-refractivity contribution >= 4 is 45.7 Å². The number of aromatic nitrogens is 1. The van der Waals surface area contributed by atoms with Gasteiger partial charge >= 0.3 is 5.97 Å². The summed E-state index contributed by atoms with van der Waals surface area (Å²) in [5.74, 6) is -0.944. The van der Waals surface area contributed by atoms with Crippen LogP contribution in [-0.4, -0.2) is 34.9 Å². The number of rotatable bonds is 7. The highest BCUT2D eigenvalue weighted by Crippen LogP contribution is 2.22. The van der Waals surface area contributed by atoms with E-state index < -0.39 is 5.97 Å². The number of nitrogens with zero attached hydrogens (tertiary/aromatic N) is 2. The number of amides is 1. The van der Waals surface area contributed by atoms with Gasteiger partial charge in [0.2, 0.25) is 0 Å². The largest absolute Gasteiger partial charge is 0.451 e. The van der Waals surface area contributed by atoms with Crippen molar-refractivity contribution in [3.63, 3.8) is 0 Å². The molecule has 2 aromatic heterocycles. The van der Waals surface area contributed by atoms with Crippen LogP contribution in [0.15, 0.2) is 61.2 Å². The van der Waals surface area contributed by atoms with E-state index >= 15 is 0 Å². The molecular formula is C20H17ClN2O3S. The maximum Gasteiger partial charge on any atom is 0.357 e. The van der Waals surface area contributed by atoms with Crippen molar-refractivity contribution in [2.45, 2.75) is 6.54 Å². The second-order valence-corrected chi connectivity index (χ2v) is 7.53. The van der Waals surface area contributed by atoms with Crippen LogP contribution >= 0.6 is 22.9 Å². The van der Waals surface area contributed by atoms with Crippen molar-refractivity contribution in [3.05, 3.63) is 76.1 Å². The molecule has 2 heterocycles. The fourth-order valence-corrected chi connectivity index (χ4v) is 3.61. The first-order valence-corrected chi connectivity index (χ1v) is 9.42. The number of halogens is 1. The zero-order valence-electron chi connectivity index (χ0n) is 14.4. The molecular weight excluding hydrogens is 384 g/mol. The van der Waals surface area contributed by atoms with Gasteiger partial charge < -0.3 is 9.64 Å². The Morgan fingerprint density at radius 3 is 2.74 bits per heavy atom. The first-order valence-electron chi connectivity index (χ1n) is 8.22. The number of ether oxygens (including phenoxy) is 1. The lowest BCUT2D eigenvalue weighted by Crippen LogP contribution is -2.34. The number of carbonyl (C=O) groups excluding carboxylic acids is 2. The minimum absolute atomic E-state index is 0.168. The maximum atomic E-state index is 12.4. The van der Waals surface area contributed by atoms with E-state index in [9.17, 15) is 9.59 Å². The van der Waals surface area contributed by atoms with Gasteiger partial charge in [-0.15, -0.1) is 17.9 Å². The van der Waals surface area contributed by atoms with Crippen LogP contribution in [0.3, 0.4) is 0 Å². The topological polar surface area (TPSA) is 59.5 Å². The van der Waals surface area contributed by atoms with Crippen LogP contribution in [0.25, 0.3) is 10.9 Å². The van der Waals surface area contributed by atoms with Gasteiger partial charge in [-0.3, -0.25) is 4.79 Å². The SMILES string of the molecule is C=CCN(Cc1ccc(Cl)s1)C(=O)COC(=O)c1ccc2ccccc2n1. The normalized spacial score (nSPS) is 10.6. The Balaban J connectivity index is 1.62. The van der Waals surface area contributed by atoms with Gasteiger partial charge in [0.1, 0.15) is 5.69 Å². The lowest BCUT2D eigenvalue weighted by Gasteiger charge is -2.20. The zero-order valence-corrected chi connectivity index (χ0v) is 16.0. The number of esters is 1. The van der Waals surface area contributed by atoms with Gasteiger partial charge in [-0.25, -0.2) is 9.78 Å². The van der Waals surface area contributed by atoms with Crippen molar-refractivity contribution < 1.29 is 14.3 Å². The lowest BCUT2D eigenvalue weighted by molar-refractivity contribution is -0.134. The van der Waals surface area contributed by atoms with Gasteiger partial charge in [-0.05, 0) is 24.3 Å². The number of carbonyl (C=O) groups is 2. The summed E-state index contributed by atoms with van der Waals surface area (Å²) < 4.78 is 5.82. The first kappa shape index (κ1) is 19.1. The molecule has 27 heavy (non-hydrogen) atoms. The smallest absolute Gasteiger partial charge is 0.357 e. The number of fused-ring (bicyclic) bond motifs is 1. The van der Waals surface area contributed by atoms with Crippen LogP contribution in [0.4, 0.5) is 0 Å². The number of pyridine rings is 1. The predicted octanol–water partition coefficient (Wildman–Crippen LogP) is 4.32. The Labute approximate surface area is 165 Å². The Kier molecular flexibility index (Phi) is 6.21. The molecule has 0 radical (unpaired) electrons. The molecule has 0 fully saturated rings. The number of hydrogen-bond donors (Lipinski definition) is 0. The summed E-state index contributed by atoms with van der Waals surface area (Å²) in [5, 5.41) is 0.928. The third kappa shape index (κ3) is 4.93. The van der Waals surface area contributed by atoms with Gasteiger partial charge in [-0.1, -0.05) is 41.9 Å². The van der Waals surface area contributed by atoms with Gasteiger partial charge in [0.15, 0.2) is 6.61 Å². The number of para-hydroxylation sites is 1. The summed E-state index contributed by atoms with van der Waals surface area (Å²) in [4.78, 5) is 31.5. The van der Waals surface area contributed by atoms with Crippen LogP contribution in [0.2, 0.25) is 4.34 Å². The standard InChI is InChI=1S/C20H17ClN2O3S/c1-2-11-23(12-15-8-10-18(21)27-15)19(24)13-26-20(25)17-9-7-14-5-3-4-6-16(14)22-17/h2-10H,1,11-13H2. The molecule has 5 nitrogen and oxygen atoms in total. The molecule has 0 saturated heterocycles. The molecule has 3 rings (SSSR count). The summed E-state index contributed by atoms with van der Waals surface area (Å²) >= 11 is 7.33. The number of benzene rings is 1. The van der Waals surface area contributed by atoms with E-state index in [2.05, 4.69) is 11.6 Å². The molecule has 0 atom stereocenters. The van der Waals surface area contributed by atoms with E-state index in [0.29, 0.717) is 22.9 Å². The second-order valence-electron chi connectivity index (χ2n) is 5.73. The highest BCUT2D eigenvalue weighted by molar-refractivity contribution is 7.16. The van der Waals surface area contributed by atoms with Gasteiger partial charge in [0.25, 0.3) is 5.91 Å². The Morgan fingerprint density at radius 1 is 1.19 bits per heavy atom. The van der Waals surface area contributed by atoms with E-state index in [1.807, 2.05) is 30.3 Å². The molecule has 1 aromatic carbocycles. The van der Waals surface area contributed by atoms with Crippen molar-refractivity contribution in [1.29, 1.82) is 0 Å². The molecule has 0 aliphatic carbocycles. The minimum atomic E-state index is -0.633. The van der Waals surface area contributed by atoms with Gasteiger partial charge in [0, 0.05) is 16.8 Å².